The highest BCUT2D eigenvalue weighted by Crippen LogP contribution is 2.57. The van der Waals surface area contributed by atoms with Crippen LogP contribution in [0.15, 0.2) is 0 Å². The van der Waals surface area contributed by atoms with Crippen molar-refractivity contribution < 1.29 is 72.5 Å². The quantitative estimate of drug-likeness (QED) is 0.0831. The van der Waals surface area contributed by atoms with Crippen LogP contribution in [0.3, 0.4) is 0 Å². The van der Waals surface area contributed by atoms with E-state index >= 15 is 0 Å². The molecule has 26 heavy (non-hydrogen) atoms. The summed E-state index contributed by atoms with van der Waals surface area (Å²) in [5.41, 5.74) is 0. The summed E-state index contributed by atoms with van der Waals surface area (Å²) in [4.78, 5) is 47.9. The molecule has 2 unspecified atom stereocenters. The molecule has 0 aromatic rings. The lowest BCUT2D eigenvalue weighted by atomic mass is 10.0. The van der Waals surface area contributed by atoms with E-state index < -0.39 is 65.3 Å². The van der Waals surface area contributed by atoms with Gasteiger partial charge in [0, 0.05) is 0 Å². The number of aliphatic hydroxyl groups excluding tert-OH is 5. The van der Waals surface area contributed by atoms with Crippen LogP contribution < -0.4 is 0 Å². The first kappa shape index (κ1) is 25.2. The molecule has 0 radical (unpaired) electrons. The van der Waals surface area contributed by atoms with Crippen LogP contribution >= 0.6 is 15.6 Å². The van der Waals surface area contributed by atoms with Gasteiger partial charge in [-0.25, -0.2) is 13.9 Å². The topological polar surface area (TPSA) is 258 Å². The Kier molecular flexibility index (Phi) is 10.2. The molecule has 0 aliphatic carbocycles. The Morgan fingerprint density at radius 2 is 1.58 bits per heavy atom. The van der Waals surface area contributed by atoms with Gasteiger partial charge in [0.1, 0.15) is 18.3 Å². The Balaban J connectivity index is 4.75. The second-order valence-corrected chi connectivity index (χ2v) is 7.45. The predicted octanol–water partition coefficient (Wildman–Crippen LogP) is -4.24. The van der Waals surface area contributed by atoms with E-state index in [2.05, 4.69) is 13.6 Å². The first-order valence-corrected chi connectivity index (χ1v) is 9.49. The lowest BCUT2D eigenvalue weighted by Gasteiger charge is -2.26. The molecule has 0 bridgehead atoms. The third-order valence-electron chi connectivity index (χ3n) is 2.53. The van der Waals surface area contributed by atoms with Gasteiger partial charge >= 0.3 is 21.6 Å². The summed E-state index contributed by atoms with van der Waals surface area (Å²) in [6.07, 6.45) is -10.9. The molecule has 0 heterocycles. The number of hydrogen-bond donors (Lipinski definition) is 8. The van der Waals surface area contributed by atoms with Gasteiger partial charge in [-0.2, -0.15) is 4.31 Å². The van der Waals surface area contributed by atoms with Crippen LogP contribution in [-0.4, -0.2) is 96.2 Å². The molecule has 0 saturated heterocycles. The van der Waals surface area contributed by atoms with E-state index in [-0.39, 0.29) is 6.29 Å². The summed E-state index contributed by atoms with van der Waals surface area (Å²) in [5.74, 6) is -1.71. The lowest BCUT2D eigenvalue weighted by molar-refractivity contribution is -0.176. The summed E-state index contributed by atoms with van der Waals surface area (Å²) >= 11 is 0. The van der Waals surface area contributed by atoms with Crippen molar-refractivity contribution in [2.75, 3.05) is 13.2 Å². The zero-order valence-electron chi connectivity index (χ0n) is 12.7. The summed E-state index contributed by atoms with van der Waals surface area (Å²) < 4.78 is 33.1. The molecule has 0 aliphatic rings. The Bertz CT molecular complexity index is 559. The van der Waals surface area contributed by atoms with Gasteiger partial charge in [0.05, 0.1) is 13.2 Å². The summed E-state index contributed by atoms with van der Waals surface area (Å²) in [6, 6.07) is 0. The van der Waals surface area contributed by atoms with E-state index in [1.54, 1.807) is 0 Å². The van der Waals surface area contributed by atoms with E-state index in [1.807, 2.05) is 0 Å². The zero-order chi connectivity index (χ0) is 20.7. The SMILES string of the molecule is O=C[C@H](OC(=O)C(O)COP(=O)(O)OP(=O)(O)O)[C@@H](O)[C@H](O)[C@H](O)CO. The number of esters is 1. The average Bonchev–Trinajstić information content (AvgIpc) is 2.52. The molecule has 0 aliphatic heterocycles. The Labute approximate surface area is 145 Å². The molecule has 154 valence electrons. The number of rotatable bonds is 12. The van der Waals surface area contributed by atoms with Gasteiger partial charge in [0.2, 0.25) is 0 Å². The van der Waals surface area contributed by atoms with Gasteiger partial charge in [-0.15, -0.1) is 0 Å². The van der Waals surface area contributed by atoms with Crippen molar-refractivity contribution in [2.45, 2.75) is 30.5 Å². The van der Waals surface area contributed by atoms with Crippen LogP contribution in [0.1, 0.15) is 0 Å². The number of aldehydes is 1. The molecule has 0 aromatic carbocycles. The number of carbonyl (C=O) groups is 2. The first-order chi connectivity index (χ1) is 11.7. The second-order valence-electron chi connectivity index (χ2n) is 4.62. The van der Waals surface area contributed by atoms with E-state index in [1.165, 1.54) is 0 Å². The number of phosphoric ester groups is 1. The minimum absolute atomic E-state index is 0.183. The van der Waals surface area contributed by atoms with Gasteiger partial charge in [-0.3, -0.25) is 9.32 Å². The second kappa shape index (κ2) is 10.5. The van der Waals surface area contributed by atoms with Crippen LogP contribution in [0.2, 0.25) is 0 Å². The average molecular weight is 428 g/mol. The van der Waals surface area contributed by atoms with Crippen molar-refractivity contribution in [3.8, 4) is 0 Å². The molecule has 6 atom stereocenters. The number of carbonyl (C=O) groups excluding carboxylic acids is 2. The summed E-state index contributed by atoms with van der Waals surface area (Å²) in [5, 5.41) is 46.1. The Hall–Kier alpha value is -0.800. The van der Waals surface area contributed by atoms with E-state index in [4.69, 9.17) is 24.9 Å². The minimum atomic E-state index is -5.42. The fourth-order valence-electron chi connectivity index (χ4n) is 1.31. The summed E-state index contributed by atoms with van der Waals surface area (Å²) in [7, 11) is -10.8. The monoisotopic (exact) mass is 428 g/mol. The van der Waals surface area contributed by atoms with Crippen molar-refractivity contribution in [2.24, 2.45) is 0 Å². The van der Waals surface area contributed by atoms with Gasteiger partial charge in [0.25, 0.3) is 0 Å². The highest BCUT2D eigenvalue weighted by Gasteiger charge is 2.37. The highest BCUT2D eigenvalue weighted by molar-refractivity contribution is 7.60. The number of phosphoric acid groups is 2. The van der Waals surface area contributed by atoms with Crippen LogP contribution in [0.5, 0.6) is 0 Å². The molecule has 17 heteroatoms. The van der Waals surface area contributed by atoms with Crippen LogP contribution in [0.25, 0.3) is 0 Å². The maximum atomic E-state index is 11.5. The molecular weight excluding hydrogens is 410 g/mol. The highest BCUT2D eigenvalue weighted by atomic mass is 31.3. The van der Waals surface area contributed by atoms with Crippen LogP contribution in [0.4, 0.5) is 0 Å². The van der Waals surface area contributed by atoms with Crippen LogP contribution in [-0.2, 0) is 32.3 Å². The lowest BCUT2D eigenvalue weighted by Crippen LogP contribution is -2.49. The third-order valence-corrected chi connectivity index (χ3v) is 4.68. The Morgan fingerprint density at radius 3 is 2.00 bits per heavy atom. The third kappa shape index (κ3) is 9.23. The molecule has 0 amide bonds. The normalized spacial score (nSPS) is 20.3. The zero-order valence-corrected chi connectivity index (χ0v) is 14.5. The van der Waals surface area contributed by atoms with Crippen molar-refractivity contribution in [3.63, 3.8) is 0 Å². The predicted molar refractivity (Wildman–Crippen MR) is 76.0 cm³/mol. The fraction of sp³-hybridized carbons (Fsp3) is 0.778. The molecule has 0 spiro atoms. The maximum absolute atomic E-state index is 11.5. The van der Waals surface area contributed by atoms with Crippen molar-refractivity contribution in [1.29, 1.82) is 0 Å². The van der Waals surface area contributed by atoms with Crippen LogP contribution in [0, 0.1) is 0 Å². The molecular formula is C9H18O15P2. The molecule has 0 fully saturated rings. The molecule has 0 aromatic heterocycles. The number of hydrogen-bond acceptors (Lipinski definition) is 12. The maximum Gasteiger partial charge on any atom is 0.481 e. The van der Waals surface area contributed by atoms with Gasteiger partial charge < -0.3 is 44.9 Å². The molecule has 0 rings (SSSR count). The van der Waals surface area contributed by atoms with Crippen molar-refractivity contribution >= 4 is 27.9 Å². The largest absolute Gasteiger partial charge is 0.481 e. The van der Waals surface area contributed by atoms with Crippen molar-refractivity contribution in [3.05, 3.63) is 0 Å². The van der Waals surface area contributed by atoms with E-state index in [9.17, 15) is 34.0 Å². The number of ether oxygens (including phenoxy) is 1. The standard InChI is InChI=1S/C9H18O15P2/c10-1-4(12)7(14)8(15)6(2-11)23-9(16)5(13)3-22-26(20,21)24-25(17,18)19/h2,4-8,10,12-15H,1,3H2,(H,20,21)(H2,17,18,19)/t4-,5?,6+,7-,8-/m1/s1. The first-order valence-electron chi connectivity index (χ1n) is 6.47. The van der Waals surface area contributed by atoms with Gasteiger partial charge in [-0.05, 0) is 0 Å². The number of aliphatic hydroxyl groups is 5. The molecule has 0 saturated carbocycles. The molecule has 15 nitrogen and oxygen atoms in total. The Morgan fingerprint density at radius 1 is 1.04 bits per heavy atom. The smallest absolute Gasteiger partial charge is 0.450 e. The van der Waals surface area contributed by atoms with E-state index in [0.717, 1.165) is 0 Å². The summed E-state index contributed by atoms with van der Waals surface area (Å²) in [6.45, 7) is -2.37. The van der Waals surface area contributed by atoms with E-state index in [0.29, 0.717) is 0 Å². The van der Waals surface area contributed by atoms with Gasteiger partial charge in [0.15, 0.2) is 18.5 Å². The van der Waals surface area contributed by atoms with Crippen molar-refractivity contribution in [1.82, 2.24) is 0 Å². The molecule has 8 N–H and O–H groups in total. The fourth-order valence-corrected chi connectivity index (χ4v) is 2.90. The minimum Gasteiger partial charge on any atom is -0.450 e. The van der Waals surface area contributed by atoms with Gasteiger partial charge in [-0.1, -0.05) is 0 Å².